The van der Waals surface area contributed by atoms with Gasteiger partial charge in [-0.25, -0.2) is 22.9 Å². The summed E-state index contributed by atoms with van der Waals surface area (Å²) in [6, 6.07) is 11.5. The van der Waals surface area contributed by atoms with Crippen LogP contribution in [0.25, 0.3) is 0 Å². The van der Waals surface area contributed by atoms with Gasteiger partial charge in [-0.2, -0.15) is 0 Å². The molecule has 0 bridgehead atoms. The molecule has 0 radical (unpaired) electrons. The second-order valence-electron chi connectivity index (χ2n) is 8.22. The number of sulfonamides is 1. The molecule has 1 aromatic heterocycles. The van der Waals surface area contributed by atoms with Gasteiger partial charge in [0.25, 0.3) is 6.01 Å². The maximum absolute atomic E-state index is 11.4. The molecular weight excluding hydrogens is 553 g/mol. The van der Waals surface area contributed by atoms with Crippen molar-refractivity contribution < 1.29 is 27.1 Å². The van der Waals surface area contributed by atoms with Crippen LogP contribution in [-0.2, 0) is 26.8 Å². The summed E-state index contributed by atoms with van der Waals surface area (Å²) < 4.78 is 39.5. The Labute approximate surface area is 224 Å². The number of carbonyl (C=O) groups is 1. The number of halogens is 3. The molecule has 0 fully saturated rings. The number of oxazole rings is 1. The van der Waals surface area contributed by atoms with Gasteiger partial charge in [0.15, 0.2) is 18.1 Å². The molecule has 0 aliphatic carbocycles. The number of aromatic nitrogens is 1. The second kappa shape index (κ2) is 11.6. The van der Waals surface area contributed by atoms with Gasteiger partial charge in [0.1, 0.15) is 6.61 Å². The Hall–Kier alpha value is -2.66. The summed E-state index contributed by atoms with van der Waals surface area (Å²) in [5.41, 5.74) is 2.21. The van der Waals surface area contributed by atoms with Crippen molar-refractivity contribution in [2.75, 3.05) is 24.1 Å². The number of amides is 1. The number of hydrogen-bond donors (Lipinski definition) is 2. The van der Waals surface area contributed by atoms with Crippen LogP contribution in [0.2, 0.25) is 10.0 Å². The summed E-state index contributed by atoms with van der Waals surface area (Å²) in [7, 11) is -3.71. The minimum Gasteiger partial charge on any atom is -0.489 e. The van der Waals surface area contributed by atoms with Gasteiger partial charge < -0.3 is 19.2 Å². The maximum atomic E-state index is 11.4. The molecule has 0 spiro atoms. The highest BCUT2D eigenvalue weighted by Gasteiger charge is 2.25. The Morgan fingerprint density at radius 2 is 1.75 bits per heavy atom. The first-order valence-electron chi connectivity index (χ1n) is 10.5. The zero-order valence-corrected chi connectivity index (χ0v) is 22.7. The third-order valence-corrected chi connectivity index (χ3v) is 6.32. The highest BCUT2D eigenvalue weighted by atomic mass is 35.5. The number of carbonyl (C=O) groups excluding carboxylic acids is 1. The zero-order chi connectivity index (χ0) is 26.5. The van der Waals surface area contributed by atoms with Crippen LogP contribution < -0.4 is 14.8 Å². The van der Waals surface area contributed by atoms with Gasteiger partial charge in [0, 0.05) is 11.1 Å². The van der Waals surface area contributed by atoms with Crippen LogP contribution in [-0.4, -0.2) is 38.2 Å². The van der Waals surface area contributed by atoms with Gasteiger partial charge in [-0.3, -0.25) is 0 Å². The van der Waals surface area contributed by atoms with Crippen molar-refractivity contribution in [1.82, 2.24) is 9.71 Å². The van der Waals surface area contributed by atoms with E-state index in [1.54, 1.807) is 4.72 Å². The molecule has 1 amide bonds. The molecule has 9 nitrogen and oxygen atoms in total. The van der Waals surface area contributed by atoms with E-state index in [1.165, 1.54) is 6.20 Å². The lowest BCUT2D eigenvalue weighted by atomic mass is 9.78. The van der Waals surface area contributed by atoms with Crippen molar-refractivity contribution >= 4 is 62.6 Å². The van der Waals surface area contributed by atoms with Crippen molar-refractivity contribution in [2.45, 2.75) is 25.9 Å². The first kappa shape index (κ1) is 27.9. The molecule has 194 valence electrons. The van der Waals surface area contributed by atoms with Gasteiger partial charge in [0.05, 0.1) is 28.4 Å². The SMILES string of the molecule is CC(C)(c1ccc(Nc2ncc(COC(=O)NS(C)(=O)=O)o2)cc1)c1cc(Cl)c(OCCCl)c(Cl)c1. The van der Waals surface area contributed by atoms with E-state index in [9.17, 15) is 13.2 Å². The quantitative estimate of drug-likeness (QED) is 0.288. The summed E-state index contributed by atoms with van der Waals surface area (Å²) >= 11 is 18.5. The summed E-state index contributed by atoms with van der Waals surface area (Å²) in [5.74, 6) is 0.960. The van der Waals surface area contributed by atoms with Crippen molar-refractivity contribution in [2.24, 2.45) is 0 Å². The number of hydrogen-bond acceptors (Lipinski definition) is 8. The average Bonchev–Trinajstić information content (AvgIpc) is 3.23. The maximum Gasteiger partial charge on any atom is 0.421 e. The molecule has 2 aromatic carbocycles. The van der Waals surface area contributed by atoms with Crippen LogP contribution in [0.4, 0.5) is 16.5 Å². The van der Waals surface area contributed by atoms with E-state index in [1.807, 2.05) is 36.4 Å². The molecule has 13 heteroatoms. The standard InChI is InChI=1S/C23H24Cl3N3O6S/c1-23(2,15-10-18(25)20(19(26)11-15)33-9-8-24)14-4-6-16(7-5-14)28-21-27-12-17(35-21)13-34-22(30)29-36(3,31)32/h4-7,10-12H,8-9,13H2,1-3H3,(H,27,28)(H,29,30). The van der Waals surface area contributed by atoms with Gasteiger partial charge >= 0.3 is 6.09 Å². The van der Waals surface area contributed by atoms with E-state index in [2.05, 4.69) is 24.1 Å². The minimum absolute atomic E-state index is 0.176. The van der Waals surface area contributed by atoms with E-state index >= 15 is 0 Å². The van der Waals surface area contributed by atoms with E-state index in [4.69, 9.17) is 48.7 Å². The van der Waals surface area contributed by atoms with Crippen molar-refractivity contribution in [1.29, 1.82) is 0 Å². The predicted molar refractivity (Wildman–Crippen MR) is 139 cm³/mol. The number of rotatable bonds is 10. The zero-order valence-electron chi connectivity index (χ0n) is 19.6. The molecule has 0 saturated heterocycles. The lowest BCUT2D eigenvalue weighted by molar-refractivity contribution is 0.137. The number of anilines is 2. The summed E-state index contributed by atoms with van der Waals surface area (Å²) in [6.07, 6.45) is 1.10. The van der Waals surface area contributed by atoms with Crippen LogP contribution >= 0.6 is 34.8 Å². The van der Waals surface area contributed by atoms with Crippen LogP contribution in [0.5, 0.6) is 5.75 Å². The highest BCUT2D eigenvalue weighted by molar-refractivity contribution is 7.89. The van der Waals surface area contributed by atoms with E-state index in [0.717, 1.165) is 17.4 Å². The molecule has 0 aliphatic rings. The molecule has 1 heterocycles. The third-order valence-electron chi connectivity index (χ3n) is 5.07. The fraction of sp³-hybridized carbons (Fsp3) is 0.304. The van der Waals surface area contributed by atoms with Crippen LogP contribution in [0.3, 0.4) is 0 Å². The predicted octanol–water partition coefficient (Wildman–Crippen LogP) is 5.85. The molecular formula is C23H24Cl3N3O6S. The lowest BCUT2D eigenvalue weighted by Crippen LogP contribution is -2.29. The number of nitrogens with one attached hydrogen (secondary N) is 2. The van der Waals surface area contributed by atoms with Crippen LogP contribution in [0.15, 0.2) is 47.0 Å². The monoisotopic (exact) mass is 575 g/mol. The number of nitrogens with zero attached hydrogens (tertiary/aromatic N) is 1. The Bertz CT molecular complexity index is 1300. The molecule has 36 heavy (non-hydrogen) atoms. The first-order valence-corrected chi connectivity index (χ1v) is 13.7. The fourth-order valence-electron chi connectivity index (χ4n) is 3.21. The van der Waals surface area contributed by atoms with Crippen LogP contribution in [0.1, 0.15) is 30.7 Å². The topological polar surface area (TPSA) is 120 Å². The van der Waals surface area contributed by atoms with Crippen molar-refractivity contribution in [3.8, 4) is 5.75 Å². The molecule has 2 N–H and O–H groups in total. The molecule has 0 aliphatic heterocycles. The first-order chi connectivity index (χ1) is 16.9. The van der Waals surface area contributed by atoms with Gasteiger partial charge in [-0.05, 0) is 35.4 Å². The van der Waals surface area contributed by atoms with E-state index in [-0.39, 0.29) is 18.4 Å². The largest absolute Gasteiger partial charge is 0.489 e. The lowest BCUT2D eigenvalue weighted by Gasteiger charge is -2.27. The van der Waals surface area contributed by atoms with Gasteiger partial charge in [-0.15, -0.1) is 11.6 Å². The van der Waals surface area contributed by atoms with E-state index in [0.29, 0.717) is 34.0 Å². The molecule has 0 unspecified atom stereocenters. The average molecular weight is 577 g/mol. The molecule has 3 rings (SSSR count). The van der Waals surface area contributed by atoms with E-state index < -0.39 is 21.5 Å². The Balaban J connectivity index is 1.66. The summed E-state index contributed by atoms with van der Waals surface area (Å²) in [5, 5.41) is 3.83. The number of alkyl halides is 1. The van der Waals surface area contributed by atoms with Crippen LogP contribution in [0, 0.1) is 0 Å². The van der Waals surface area contributed by atoms with Gasteiger partial charge in [-0.1, -0.05) is 49.2 Å². The normalized spacial score (nSPS) is 11.7. The Kier molecular flexibility index (Phi) is 8.99. The third kappa shape index (κ3) is 7.42. The Morgan fingerprint density at radius 1 is 1.11 bits per heavy atom. The summed E-state index contributed by atoms with van der Waals surface area (Å²) in [6.45, 7) is 4.12. The van der Waals surface area contributed by atoms with Gasteiger partial charge in [0.2, 0.25) is 10.0 Å². The summed E-state index contributed by atoms with van der Waals surface area (Å²) in [4.78, 5) is 15.5. The minimum atomic E-state index is -3.71. The Morgan fingerprint density at radius 3 is 2.33 bits per heavy atom. The molecule has 0 saturated carbocycles. The number of ether oxygens (including phenoxy) is 2. The second-order valence-corrected chi connectivity index (χ2v) is 11.2. The van der Waals surface area contributed by atoms with Crippen molar-refractivity contribution in [3.63, 3.8) is 0 Å². The number of benzene rings is 2. The van der Waals surface area contributed by atoms with Crippen molar-refractivity contribution in [3.05, 3.63) is 69.5 Å². The fourth-order valence-corrected chi connectivity index (χ4v) is 4.24. The molecule has 0 atom stereocenters. The highest BCUT2D eigenvalue weighted by Crippen LogP contribution is 2.40. The molecule has 3 aromatic rings. The smallest absolute Gasteiger partial charge is 0.421 e.